The van der Waals surface area contributed by atoms with E-state index in [-0.39, 0.29) is 23.1 Å². The largest absolute Gasteiger partial charge is 0.508 e. The lowest BCUT2D eigenvalue weighted by molar-refractivity contribution is 0.454. The number of aromatic hydroxyl groups is 2. The van der Waals surface area contributed by atoms with E-state index in [0.717, 1.165) is 11.9 Å². The van der Waals surface area contributed by atoms with Gasteiger partial charge in [-0.15, -0.1) is 0 Å². The SMILES string of the molecule is Nc1ncnc(O)c1/N=C/c1ccc(O)cc1. The highest BCUT2D eigenvalue weighted by Gasteiger charge is 2.05. The van der Waals surface area contributed by atoms with Gasteiger partial charge in [0.05, 0.1) is 0 Å². The molecule has 1 aromatic heterocycles. The van der Waals surface area contributed by atoms with E-state index in [9.17, 15) is 5.11 Å². The van der Waals surface area contributed by atoms with Crippen LogP contribution in [0.5, 0.6) is 11.6 Å². The van der Waals surface area contributed by atoms with Crippen LogP contribution in [-0.4, -0.2) is 26.4 Å². The van der Waals surface area contributed by atoms with Gasteiger partial charge in [0.25, 0.3) is 0 Å². The van der Waals surface area contributed by atoms with E-state index >= 15 is 0 Å². The van der Waals surface area contributed by atoms with Gasteiger partial charge in [-0.1, -0.05) is 0 Å². The van der Waals surface area contributed by atoms with Crippen LogP contribution >= 0.6 is 0 Å². The van der Waals surface area contributed by atoms with E-state index in [1.54, 1.807) is 12.1 Å². The summed E-state index contributed by atoms with van der Waals surface area (Å²) < 4.78 is 0. The zero-order valence-electron chi connectivity index (χ0n) is 8.78. The molecule has 0 aliphatic carbocycles. The maximum atomic E-state index is 9.43. The number of aromatic nitrogens is 2. The molecule has 0 fully saturated rings. The molecule has 0 bridgehead atoms. The van der Waals surface area contributed by atoms with E-state index in [1.165, 1.54) is 18.3 Å². The minimum absolute atomic E-state index is 0.104. The number of hydrogen-bond donors (Lipinski definition) is 3. The predicted molar refractivity (Wildman–Crippen MR) is 63.5 cm³/mol. The fourth-order valence-corrected chi connectivity index (χ4v) is 1.21. The van der Waals surface area contributed by atoms with Gasteiger partial charge in [-0.3, -0.25) is 0 Å². The first kappa shape index (κ1) is 10.9. The van der Waals surface area contributed by atoms with Crippen molar-refractivity contribution in [2.75, 3.05) is 5.73 Å². The second kappa shape index (κ2) is 4.48. The summed E-state index contributed by atoms with van der Waals surface area (Å²) in [5.74, 6) is 0.00705. The van der Waals surface area contributed by atoms with Crippen LogP contribution in [0.3, 0.4) is 0 Å². The van der Waals surface area contributed by atoms with E-state index in [2.05, 4.69) is 15.0 Å². The summed E-state index contributed by atoms with van der Waals surface area (Å²) >= 11 is 0. The van der Waals surface area contributed by atoms with Crippen molar-refractivity contribution in [3.8, 4) is 11.6 Å². The summed E-state index contributed by atoms with van der Waals surface area (Å²) in [5.41, 5.74) is 6.43. The van der Waals surface area contributed by atoms with Gasteiger partial charge < -0.3 is 15.9 Å². The van der Waals surface area contributed by atoms with Gasteiger partial charge in [0.1, 0.15) is 12.1 Å². The van der Waals surface area contributed by atoms with Gasteiger partial charge in [-0.25, -0.2) is 9.98 Å². The molecule has 6 nitrogen and oxygen atoms in total. The Balaban J connectivity index is 2.29. The van der Waals surface area contributed by atoms with Gasteiger partial charge in [-0.2, -0.15) is 4.98 Å². The van der Waals surface area contributed by atoms with Crippen molar-refractivity contribution in [3.05, 3.63) is 36.2 Å². The van der Waals surface area contributed by atoms with Gasteiger partial charge >= 0.3 is 0 Å². The lowest BCUT2D eigenvalue weighted by Crippen LogP contribution is -1.92. The van der Waals surface area contributed by atoms with Crippen molar-refractivity contribution in [2.24, 2.45) is 4.99 Å². The highest BCUT2D eigenvalue weighted by molar-refractivity contribution is 5.84. The lowest BCUT2D eigenvalue weighted by atomic mass is 10.2. The predicted octanol–water partition coefficient (Wildman–Crippen LogP) is 1.22. The van der Waals surface area contributed by atoms with Crippen LogP contribution in [0.15, 0.2) is 35.6 Å². The fourth-order valence-electron chi connectivity index (χ4n) is 1.21. The molecular weight excluding hydrogens is 220 g/mol. The van der Waals surface area contributed by atoms with E-state index in [0.29, 0.717) is 0 Å². The number of rotatable bonds is 2. The summed E-state index contributed by atoms with van der Waals surface area (Å²) in [4.78, 5) is 11.3. The van der Waals surface area contributed by atoms with Crippen LogP contribution in [0.4, 0.5) is 11.5 Å². The number of benzene rings is 1. The standard InChI is InChI=1S/C11H10N4O2/c12-10-9(11(17)15-6-14-10)13-5-7-1-3-8(16)4-2-7/h1-6,16H,(H3,12,14,15,17)/b13-5+. The zero-order chi connectivity index (χ0) is 12.3. The van der Waals surface area contributed by atoms with Crippen molar-refractivity contribution in [3.63, 3.8) is 0 Å². The van der Waals surface area contributed by atoms with E-state index in [1.807, 2.05) is 0 Å². The summed E-state index contributed by atoms with van der Waals surface area (Å²) in [6, 6.07) is 6.42. The molecular formula is C11H10N4O2. The molecule has 2 aromatic rings. The maximum absolute atomic E-state index is 9.43. The van der Waals surface area contributed by atoms with Crippen LogP contribution in [0.25, 0.3) is 0 Å². The Morgan fingerprint density at radius 2 is 1.82 bits per heavy atom. The Kier molecular flexibility index (Phi) is 2.87. The number of nitrogens with zero attached hydrogens (tertiary/aromatic N) is 3. The molecule has 1 heterocycles. The third-order valence-corrected chi connectivity index (χ3v) is 2.07. The highest BCUT2D eigenvalue weighted by Crippen LogP contribution is 2.27. The molecule has 0 spiro atoms. The number of hydrogen-bond acceptors (Lipinski definition) is 6. The monoisotopic (exact) mass is 230 g/mol. The second-order valence-electron chi connectivity index (χ2n) is 3.28. The molecule has 0 atom stereocenters. The molecule has 0 saturated heterocycles. The van der Waals surface area contributed by atoms with Gasteiger partial charge in [-0.05, 0) is 29.8 Å². The Labute approximate surface area is 97.1 Å². The number of aliphatic imine (C=N–C) groups is 1. The molecule has 0 aliphatic heterocycles. The number of nitrogen functional groups attached to an aromatic ring is 1. The topological polar surface area (TPSA) is 105 Å². The Hall–Kier alpha value is -2.63. The summed E-state index contributed by atoms with van der Waals surface area (Å²) in [7, 11) is 0. The summed E-state index contributed by atoms with van der Waals surface area (Å²) in [5, 5.41) is 18.5. The molecule has 2 rings (SSSR count). The molecule has 17 heavy (non-hydrogen) atoms. The smallest absolute Gasteiger partial charge is 0.242 e. The number of phenolic OH excluding ortho intramolecular Hbond substituents is 1. The quantitative estimate of drug-likeness (QED) is 0.673. The van der Waals surface area contributed by atoms with Gasteiger partial charge in [0.2, 0.25) is 5.88 Å². The van der Waals surface area contributed by atoms with Crippen molar-refractivity contribution in [1.29, 1.82) is 0 Å². The zero-order valence-corrected chi connectivity index (χ0v) is 8.78. The van der Waals surface area contributed by atoms with Crippen molar-refractivity contribution >= 4 is 17.7 Å². The molecule has 6 heteroatoms. The minimum Gasteiger partial charge on any atom is -0.508 e. The minimum atomic E-state index is -0.271. The van der Waals surface area contributed by atoms with Crippen LogP contribution in [0.1, 0.15) is 5.56 Å². The molecule has 86 valence electrons. The van der Waals surface area contributed by atoms with Crippen molar-refractivity contribution in [1.82, 2.24) is 9.97 Å². The summed E-state index contributed by atoms with van der Waals surface area (Å²) in [6.07, 6.45) is 2.65. The normalized spacial score (nSPS) is 10.8. The molecule has 0 radical (unpaired) electrons. The molecule has 0 unspecified atom stereocenters. The molecule has 0 saturated carbocycles. The van der Waals surface area contributed by atoms with E-state index < -0.39 is 0 Å². The highest BCUT2D eigenvalue weighted by atomic mass is 16.3. The number of anilines is 1. The number of nitrogens with two attached hydrogens (primary N) is 1. The lowest BCUT2D eigenvalue weighted by Gasteiger charge is -1.99. The number of phenols is 1. The Bertz CT molecular complexity index is 532. The maximum Gasteiger partial charge on any atom is 0.242 e. The molecule has 0 amide bonds. The van der Waals surface area contributed by atoms with Gasteiger partial charge in [0.15, 0.2) is 11.5 Å². The average Bonchev–Trinajstić information content (AvgIpc) is 2.31. The first-order valence-electron chi connectivity index (χ1n) is 4.79. The van der Waals surface area contributed by atoms with E-state index in [4.69, 9.17) is 10.8 Å². The average molecular weight is 230 g/mol. The molecule has 1 aromatic carbocycles. The van der Waals surface area contributed by atoms with Crippen LogP contribution < -0.4 is 5.73 Å². The fraction of sp³-hybridized carbons (Fsp3) is 0. The first-order valence-corrected chi connectivity index (χ1v) is 4.79. The van der Waals surface area contributed by atoms with Crippen LogP contribution in [0, 0.1) is 0 Å². The third-order valence-electron chi connectivity index (χ3n) is 2.07. The second-order valence-corrected chi connectivity index (χ2v) is 3.28. The molecule has 0 aliphatic rings. The Morgan fingerprint density at radius 3 is 2.47 bits per heavy atom. The van der Waals surface area contributed by atoms with Gasteiger partial charge in [0, 0.05) is 6.21 Å². The van der Waals surface area contributed by atoms with Crippen molar-refractivity contribution in [2.45, 2.75) is 0 Å². The third kappa shape index (κ3) is 2.49. The van der Waals surface area contributed by atoms with Crippen molar-refractivity contribution < 1.29 is 10.2 Å². The summed E-state index contributed by atoms with van der Waals surface area (Å²) in [6.45, 7) is 0. The first-order chi connectivity index (χ1) is 8.16. The van der Waals surface area contributed by atoms with Crippen LogP contribution in [-0.2, 0) is 0 Å². The van der Waals surface area contributed by atoms with Crippen LogP contribution in [0.2, 0.25) is 0 Å². The Morgan fingerprint density at radius 1 is 1.12 bits per heavy atom. The molecule has 4 N–H and O–H groups in total.